The Morgan fingerprint density at radius 2 is 1.47 bits per heavy atom. The number of carbonyl (C=O) groups excluding carboxylic acids is 3. The van der Waals surface area contributed by atoms with Crippen LogP contribution >= 0.6 is 0 Å². The Bertz CT molecular complexity index is 1170. The van der Waals surface area contributed by atoms with Crippen LogP contribution in [-0.4, -0.2) is 24.0 Å². The molecule has 0 bridgehead atoms. The minimum atomic E-state index is -0.884. The molecule has 7 nitrogen and oxygen atoms in total. The number of carbonyl (C=O) groups is 3. The maximum atomic E-state index is 12.2. The lowest BCUT2D eigenvalue weighted by Crippen LogP contribution is -2.32. The zero-order valence-corrected chi connectivity index (χ0v) is 18.0. The molecule has 0 aromatic heterocycles. The Labute approximate surface area is 186 Å². The lowest BCUT2D eigenvalue weighted by Gasteiger charge is -2.08. The predicted octanol–water partition coefficient (Wildman–Crippen LogP) is 3.92. The maximum Gasteiger partial charge on any atom is 0.343 e. The van der Waals surface area contributed by atoms with E-state index in [-0.39, 0.29) is 0 Å². The van der Waals surface area contributed by atoms with Crippen LogP contribution in [0.3, 0.4) is 0 Å². The minimum Gasteiger partial charge on any atom is -0.423 e. The molecule has 0 unspecified atom stereocenters. The van der Waals surface area contributed by atoms with Crippen molar-refractivity contribution in [2.45, 2.75) is 20.8 Å². The summed E-state index contributed by atoms with van der Waals surface area (Å²) < 4.78 is 5.34. The van der Waals surface area contributed by atoms with E-state index in [0.29, 0.717) is 22.6 Å². The van der Waals surface area contributed by atoms with Crippen LogP contribution in [0.4, 0.5) is 5.69 Å². The summed E-state index contributed by atoms with van der Waals surface area (Å²) in [6.07, 6.45) is 1.38. The number of nitrogens with one attached hydrogen (secondary N) is 2. The molecule has 0 aliphatic heterocycles. The van der Waals surface area contributed by atoms with Crippen molar-refractivity contribution < 1.29 is 19.1 Å². The van der Waals surface area contributed by atoms with Crippen molar-refractivity contribution in [1.29, 1.82) is 0 Å². The molecule has 0 aliphatic rings. The number of nitrogens with zero attached hydrogens (tertiary/aromatic N) is 1. The Morgan fingerprint density at radius 3 is 2.16 bits per heavy atom. The first kappa shape index (κ1) is 22.4. The number of rotatable bonds is 5. The number of aryl methyl sites for hydroxylation is 3. The molecule has 0 heterocycles. The standard InChI is InChI=1S/C25H23N3O4/c1-16-5-10-20(11-6-16)25(31)32-21-12-8-19(9-13-21)15-26-28-24(30)23(29)27-22-14-17(2)4-7-18(22)3/h4-15H,1-3H3,(H,27,29)(H,28,30)/b26-15+. The number of hydrogen-bond acceptors (Lipinski definition) is 5. The third kappa shape index (κ3) is 6.12. The molecule has 0 radical (unpaired) electrons. The number of benzene rings is 3. The third-order valence-electron chi connectivity index (χ3n) is 4.61. The number of anilines is 1. The van der Waals surface area contributed by atoms with Crippen LogP contribution in [-0.2, 0) is 9.59 Å². The molecule has 32 heavy (non-hydrogen) atoms. The van der Waals surface area contributed by atoms with Gasteiger partial charge < -0.3 is 10.1 Å². The predicted molar refractivity (Wildman–Crippen MR) is 123 cm³/mol. The zero-order valence-electron chi connectivity index (χ0n) is 18.0. The van der Waals surface area contributed by atoms with E-state index in [4.69, 9.17) is 4.74 Å². The maximum absolute atomic E-state index is 12.2. The highest BCUT2D eigenvalue weighted by Crippen LogP contribution is 2.16. The van der Waals surface area contributed by atoms with Gasteiger partial charge in [-0.2, -0.15) is 5.10 Å². The third-order valence-corrected chi connectivity index (χ3v) is 4.61. The van der Waals surface area contributed by atoms with Crippen molar-refractivity contribution in [2.75, 3.05) is 5.32 Å². The van der Waals surface area contributed by atoms with Crippen molar-refractivity contribution in [2.24, 2.45) is 5.10 Å². The smallest absolute Gasteiger partial charge is 0.343 e. The number of hydrogen-bond donors (Lipinski definition) is 2. The van der Waals surface area contributed by atoms with E-state index in [9.17, 15) is 14.4 Å². The minimum absolute atomic E-state index is 0.379. The van der Waals surface area contributed by atoms with Gasteiger partial charge in [0.15, 0.2) is 0 Å². The lowest BCUT2D eigenvalue weighted by atomic mass is 10.1. The fourth-order valence-corrected chi connectivity index (χ4v) is 2.74. The van der Waals surface area contributed by atoms with Crippen molar-refractivity contribution >= 4 is 29.7 Å². The Hall–Kier alpha value is -4.26. The van der Waals surface area contributed by atoms with Gasteiger partial charge >= 0.3 is 17.8 Å². The molecule has 0 spiro atoms. The highest BCUT2D eigenvalue weighted by Gasteiger charge is 2.14. The van der Waals surface area contributed by atoms with E-state index >= 15 is 0 Å². The second-order valence-corrected chi connectivity index (χ2v) is 7.30. The summed E-state index contributed by atoms with van der Waals surface area (Å²) in [6, 6.07) is 19.2. The molecule has 162 valence electrons. The Kier molecular flexibility index (Phi) is 7.13. The highest BCUT2D eigenvalue weighted by atomic mass is 16.5. The van der Waals surface area contributed by atoms with Crippen molar-refractivity contribution in [3.05, 3.63) is 94.5 Å². The van der Waals surface area contributed by atoms with Gasteiger partial charge in [-0.05, 0) is 79.9 Å². The Morgan fingerprint density at radius 1 is 0.812 bits per heavy atom. The molecule has 7 heteroatoms. The summed E-state index contributed by atoms with van der Waals surface area (Å²) in [5.41, 5.74) is 6.75. The second kappa shape index (κ2) is 10.2. The summed E-state index contributed by atoms with van der Waals surface area (Å²) in [5.74, 6) is -1.77. The fourth-order valence-electron chi connectivity index (χ4n) is 2.74. The summed E-state index contributed by atoms with van der Waals surface area (Å²) in [7, 11) is 0. The van der Waals surface area contributed by atoms with Crippen LogP contribution < -0.4 is 15.5 Å². The topological polar surface area (TPSA) is 96.9 Å². The first-order valence-corrected chi connectivity index (χ1v) is 9.92. The molecular weight excluding hydrogens is 406 g/mol. The average Bonchev–Trinajstić information content (AvgIpc) is 2.77. The second-order valence-electron chi connectivity index (χ2n) is 7.30. The largest absolute Gasteiger partial charge is 0.423 e. The van der Waals surface area contributed by atoms with Crippen LogP contribution in [0.2, 0.25) is 0 Å². The molecule has 0 saturated carbocycles. The fraction of sp³-hybridized carbons (Fsp3) is 0.120. The van der Waals surface area contributed by atoms with Gasteiger partial charge in [-0.15, -0.1) is 0 Å². The number of hydrazone groups is 1. The lowest BCUT2D eigenvalue weighted by molar-refractivity contribution is -0.136. The summed E-state index contributed by atoms with van der Waals surface area (Å²) in [5, 5.41) is 6.37. The van der Waals surface area contributed by atoms with Crippen LogP contribution in [0.5, 0.6) is 5.75 Å². The van der Waals surface area contributed by atoms with E-state index in [1.165, 1.54) is 6.21 Å². The van der Waals surface area contributed by atoms with Crippen molar-refractivity contribution in [1.82, 2.24) is 5.43 Å². The van der Waals surface area contributed by atoms with Gasteiger partial charge in [0.05, 0.1) is 11.8 Å². The summed E-state index contributed by atoms with van der Waals surface area (Å²) in [4.78, 5) is 36.2. The van der Waals surface area contributed by atoms with E-state index in [0.717, 1.165) is 16.7 Å². The first-order chi connectivity index (χ1) is 15.3. The summed E-state index contributed by atoms with van der Waals surface area (Å²) in [6.45, 7) is 5.68. The highest BCUT2D eigenvalue weighted by molar-refractivity contribution is 6.39. The Balaban J connectivity index is 1.52. The molecule has 0 saturated heterocycles. The van der Waals surface area contributed by atoms with Crippen LogP contribution in [0.15, 0.2) is 71.8 Å². The quantitative estimate of drug-likeness (QED) is 0.211. The van der Waals surface area contributed by atoms with Crippen LogP contribution in [0, 0.1) is 20.8 Å². The van der Waals surface area contributed by atoms with E-state index in [1.54, 1.807) is 42.5 Å². The molecule has 3 aromatic carbocycles. The van der Waals surface area contributed by atoms with Crippen molar-refractivity contribution in [3.8, 4) is 5.75 Å². The van der Waals surface area contributed by atoms with Gasteiger partial charge in [0.2, 0.25) is 0 Å². The van der Waals surface area contributed by atoms with Crippen molar-refractivity contribution in [3.63, 3.8) is 0 Å². The first-order valence-electron chi connectivity index (χ1n) is 9.92. The van der Waals surface area contributed by atoms with E-state index in [1.807, 2.05) is 45.0 Å². The molecule has 2 amide bonds. The normalized spacial score (nSPS) is 10.6. The van der Waals surface area contributed by atoms with E-state index in [2.05, 4.69) is 15.8 Å². The molecule has 2 N–H and O–H groups in total. The van der Waals surface area contributed by atoms with Crippen LogP contribution in [0.25, 0.3) is 0 Å². The van der Waals surface area contributed by atoms with Gasteiger partial charge in [0.1, 0.15) is 5.75 Å². The SMILES string of the molecule is Cc1ccc(C(=O)Oc2ccc(/C=N/NC(=O)C(=O)Nc3cc(C)ccc3C)cc2)cc1. The number of amides is 2. The van der Waals surface area contributed by atoms with E-state index < -0.39 is 17.8 Å². The monoisotopic (exact) mass is 429 g/mol. The molecule has 0 fully saturated rings. The van der Waals surface area contributed by atoms with Gasteiger partial charge in [-0.25, -0.2) is 10.2 Å². The molecule has 0 atom stereocenters. The number of esters is 1. The van der Waals surface area contributed by atoms with Gasteiger partial charge in [0.25, 0.3) is 0 Å². The van der Waals surface area contributed by atoms with Gasteiger partial charge in [0, 0.05) is 5.69 Å². The zero-order chi connectivity index (χ0) is 23.1. The molecular formula is C25H23N3O4. The molecule has 0 aliphatic carbocycles. The van der Waals surface area contributed by atoms with Crippen LogP contribution in [0.1, 0.15) is 32.6 Å². The van der Waals surface area contributed by atoms with Gasteiger partial charge in [-0.3, -0.25) is 9.59 Å². The van der Waals surface area contributed by atoms with Gasteiger partial charge in [-0.1, -0.05) is 29.8 Å². The molecule has 3 rings (SSSR count). The average molecular weight is 429 g/mol. The number of ether oxygens (including phenoxy) is 1. The molecule has 3 aromatic rings. The summed E-state index contributed by atoms with van der Waals surface area (Å²) >= 11 is 0.